The van der Waals surface area contributed by atoms with Crippen molar-refractivity contribution in [2.24, 2.45) is 0 Å². The van der Waals surface area contributed by atoms with Crippen LogP contribution in [0.25, 0.3) is 22.3 Å². The number of rotatable bonds is 2. The van der Waals surface area contributed by atoms with Crippen LogP contribution in [0.5, 0.6) is 0 Å². The number of aryl methyl sites for hydroxylation is 1. The molecule has 0 heterocycles. The first-order valence-electron chi connectivity index (χ1n) is 6.97. The van der Waals surface area contributed by atoms with Gasteiger partial charge in [0, 0.05) is 11.1 Å². The molecule has 0 N–H and O–H groups in total. The third kappa shape index (κ3) is 2.80. The maximum absolute atomic E-state index is 14.4. The quantitative estimate of drug-likeness (QED) is 0.577. The molecule has 0 amide bonds. The first-order chi connectivity index (χ1) is 10.6. The Morgan fingerprint density at radius 2 is 1.05 bits per heavy atom. The van der Waals surface area contributed by atoms with E-state index in [0.29, 0.717) is 11.1 Å². The largest absolute Gasteiger partial charge is 0.203 e. The maximum atomic E-state index is 14.4. The second-order valence-corrected chi connectivity index (χ2v) is 5.94. The molecule has 0 nitrogen and oxygen atoms in total. The van der Waals surface area contributed by atoms with E-state index >= 15 is 0 Å². The second kappa shape index (κ2) is 5.98. The van der Waals surface area contributed by atoms with Crippen LogP contribution in [0, 0.1) is 18.6 Å². The van der Waals surface area contributed by atoms with E-state index in [9.17, 15) is 8.78 Å². The van der Waals surface area contributed by atoms with Gasteiger partial charge in [-0.3, -0.25) is 0 Å². The van der Waals surface area contributed by atoms with Crippen molar-refractivity contribution in [3.05, 3.63) is 77.9 Å². The van der Waals surface area contributed by atoms with Gasteiger partial charge in [0.1, 0.15) is 0 Å². The highest BCUT2D eigenvalue weighted by Crippen LogP contribution is 2.31. The predicted molar refractivity (Wildman–Crippen MR) is 91.3 cm³/mol. The number of hydrogen-bond donors (Lipinski definition) is 0. The Morgan fingerprint density at radius 1 is 0.636 bits per heavy atom. The first-order valence-corrected chi connectivity index (χ1v) is 7.55. The van der Waals surface area contributed by atoms with Gasteiger partial charge in [-0.2, -0.15) is 0 Å². The Hall–Kier alpha value is -2.05. The molecule has 0 aliphatic heterocycles. The molecule has 0 fully saturated rings. The normalized spacial score (nSPS) is 10.7. The Balaban J connectivity index is 2.08. The van der Waals surface area contributed by atoms with E-state index < -0.39 is 11.6 Å². The van der Waals surface area contributed by atoms with Crippen LogP contribution in [0.1, 0.15) is 5.56 Å². The van der Waals surface area contributed by atoms with Crippen molar-refractivity contribution in [3.8, 4) is 22.3 Å². The monoisotopic (exact) mass is 312 g/mol. The molecule has 0 radical (unpaired) electrons. The van der Waals surface area contributed by atoms with Gasteiger partial charge in [0.25, 0.3) is 0 Å². The maximum Gasteiger partial charge on any atom is 0.167 e. The van der Waals surface area contributed by atoms with Crippen molar-refractivity contribution in [2.75, 3.05) is 0 Å². The summed E-state index contributed by atoms with van der Waals surface area (Å²) in [5, 5.41) is 1.00. The minimum Gasteiger partial charge on any atom is -0.203 e. The minimum absolute atomic E-state index is 0.276. The lowest BCUT2D eigenvalue weighted by molar-refractivity contribution is 0.514. The summed E-state index contributed by atoms with van der Waals surface area (Å²) in [7, 11) is 2.57. The lowest BCUT2D eigenvalue weighted by Crippen LogP contribution is -1.95. The minimum atomic E-state index is -0.811. The number of benzene rings is 3. The highest BCUT2D eigenvalue weighted by molar-refractivity contribution is 7.27. The number of halogens is 2. The zero-order valence-electron chi connectivity index (χ0n) is 12.1. The van der Waals surface area contributed by atoms with E-state index in [1.165, 1.54) is 0 Å². The average molecular weight is 312 g/mol. The molecule has 110 valence electrons. The van der Waals surface area contributed by atoms with Crippen LogP contribution in [-0.2, 0) is 0 Å². The zero-order chi connectivity index (χ0) is 15.7. The standard InChI is InChI=1S/C19H15F2P/c1-12-2-4-13(5-3-12)16-10-11-17(19(21)18(16)20)14-6-8-15(22)9-7-14/h2-11H,22H2,1H3. The summed E-state index contributed by atoms with van der Waals surface area (Å²) in [6.07, 6.45) is 0. The summed E-state index contributed by atoms with van der Waals surface area (Å²) in [5.74, 6) is -1.62. The van der Waals surface area contributed by atoms with E-state index in [2.05, 4.69) is 9.24 Å². The molecule has 1 atom stereocenters. The zero-order valence-corrected chi connectivity index (χ0v) is 13.3. The lowest BCUT2D eigenvalue weighted by atomic mass is 9.98. The molecule has 0 aromatic heterocycles. The van der Waals surface area contributed by atoms with Gasteiger partial charge in [-0.15, -0.1) is 9.24 Å². The van der Waals surface area contributed by atoms with Gasteiger partial charge < -0.3 is 0 Å². The molecular weight excluding hydrogens is 297 g/mol. The average Bonchev–Trinajstić information content (AvgIpc) is 2.52. The van der Waals surface area contributed by atoms with Crippen molar-refractivity contribution in [1.29, 1.82) is 0 Å². The molecule has 1 unspecified atom stereocenters. The van der Waals surface area contributed by atoms with Crippen LogP contribution in [0.15, 0.2) is 60.7 Å². The molecule has 0 saturated heterocycles. The third-order valence-electron chi connectivity index (χ3n) is 3.67. The molecular formula is C19H15F2P. The summed E-state index contributed by atoms with van der Waals surface area (Å²) < 4.78 is 28.9. The smallest absolute Gasteiger partial charge is 0.167 e. The van der Waals surface area contributed by atoms with Crippen LogP contribution in [0.2, 0.25) is 0 Å². The third-order valence-corrected chi connectivity index (χ3v) is 4.05. The van der Waals surface area contributed by atoms with Crippen molar-refractivity contribution in [2.45, 2.75) is 6.92 Å². The van der Waals surface area contributed by atoms with E-state index in [1.807, 2.05) is 31.2 Å². The SMILES string of the molecule is Cc1ccc(-c2ccc(-c3ccc(P)cc3)c(F)c2F)cc1. The van der Waals surface area contributed by atoms with Gasteiger partial charge in [0.05, 0.1) is 0 Å². The molecule has 3 aromatic carbocycles. The summed E-state index contributed by atoms with van der Waals surface area (Å²) in [5.41, 5.74) is 2.98. The molecule has 3 heteroatoms. The molecule has 22 heavy (non-hydrogen) atoms. The van der Waals surface area contributed by atoms with Gasteiger partial charge in [-0.1, -0.05) is 66.2 Å². The fourth-order valence-corrected chi connectivity index (χ4v) is 2.58. The Labute approximate surface area is 131 Å². The van der Waals surface area contributed by atoms with Gasteiger partial charge in [0.2, 0.25) is 0 Å². The van der Waals surface area contributed by atoms with Gasteiger partial charge >= 0.3 is 0 Å². The molecule has 0 spiro atoms. The molecule has 0 bridgehead atoms. The van der Waals surface area contributed by atoms with Crippen LogP contribution >= 0.6 is 9.24 Å². The summed E-state index contributed by atoms with van der Waals surface area (Å²) >= 11 is 0. The van der Waals surface area contributed by atoms with E-state index in [4.69, 9.17) is 0 Å². The fourth-order valence-electron chi connectivity index (χ4n) is 2.39. The van der Waals surface area contributed by atoms with Gasteiger partial charge in [0.15, 0.2) is 11.6 Å². The van der Waals surface area contributed by atoms with Crippen molar-refractivity contribution < 1.29 is 8.78 Å². The predicted octanol–water partition coefficient (Wildman–Crippen LogP) is 5.11. The van der Waals surface area contributed by atoms with E-state index in [1.54, 1.807) is 36.4 Å². The van der Waals surface area contributed by atoms with Crippen molar-refractivity contribution in [3.63, 3.8) is 0 Å². The molecule has 3 rings (SSSR count). The van der Waals surface area contributed by atoms with Crippen LogP contribution in [0.3, 0.4) is 0 Å². The molecule has 0 aliphatic carbocycles. The van der Waals surface area contributed by atoms with E-state index in [-0.39, 0.29) is 11.1 Å². The second-order valence-electron chi connectivity index (χ2n) is 5.28. The number of hydrogen-bond acceptors (Lipinski definition) is 0. The van der Waals surface area contributed by atoms with Gasteiger partial charge in [-0.25, -0.2) is 8.78 Å². The van der Waals surface area contributed by atoms with E-state index in [0.717, 1.165) is 10.9 Å². The molecule has 3 aromatic rings. The summed E-state index contributed by atoms with van der Waals surface area (Å²) in [4.78, 5) is 0. The van der Waals surface area contributed by atoms with Crippen molar-refractivity contribution >= 4 is 14.5 Å². The molecule has 0 aliphatic rings. The van der Waals surface area contributed by atoms with Crippen LogP contribution in [-0.4, -0.2) is 0 Å². The van der Waals surface area contributed by atoms with Crippen LogP contribution in [0.4, 0.5) is 8.78 Å². The first kappa shape index (κ1) is 14.9. The topological polar surface area (TPSA) is 0 Å². The highest BCUT2D eigenvalue weighted by atomic mass is 31.0. The Morgan fingerprint density at radius 3 is 1.50 bits per heavy atom. The fraction of sp³-hybridized carbons (Fsp3) is 0.0526. The Kier molecular flexibility index (Phi) is 4.04. The summed E-state index contributed by atoms with van der Waals surface area (Å²) in [6.45, 7) is 1.96. The lowest BCUT2D eigenvalue weighted by Gasteiger charge is -2.09. The highest BCUT2D eigenvalue weighted by Gasteiger charge is 2.15. The van der Waals surface area contributed by atoms with Gasteiger partial charge in [-0.05, 0) is 23.4 Å². The van der Waals surface area contributed by atoms with Crippen LogP contribution < -0.4 is 5.30 Å². The van der Waals surface area contributed by atoms with Crippen molar-refractivity contribution in [1.82, 2.24) is 0 Å². The molecule has 0 saturated carbocycles. The Bertz CT molecular complexity index is 736. The summed E-state index contributed by atoms with van der Waals surface area (Å²) in [6, 6.07) is 17.9.